The number of halogens is 1. The van der Waals surface area contributed by atoms with Gasteiger partial charge in [-0.15, -0.1) is 0 Å². The summed E-state index contributed by atoms with van der Waals surface area (Å²) in [4.78, 5) is 14.4. The summed E-state index contributed by atoms with van der Waals surface area (Å²) in [6, 6.07) is 16.0. The summed E-state index contributed by atoms with van der Waals surface area (Å²) < 4.78 is 0. The van der Waals surface area contributed by atoms with Gasteiger partial charge >= 0.3 is 0 Å². The Morgan fingerprint density at radius 1 is 1.00 bits per heavy atom. The third-order valence-corrected chi connectivity index (χ3v) is 5.07. The van der Waals surface area contributed by atoms with Crippen LogP contribution >= 0.6 is 11.6 Å². The lowest BCUT2D eigenvalue weighted by Gasteiger charge is -2.28. The summed E-state index contributed by atoms with van der Waals surface area (Å²) in [5, 5.41) is 6.90. The molecule has 138 valence electrons. The zero-order valence-corrected chi connectivity index (χ0v) is 15.8. The molecule has 0 bridgehead atoms. The van der Waals surface area contributed by atoms with Gasteiger partial charge in [0.2, 0.25) is 5.91 Å². The molecule has 0 atom stereocenters. The summed E-state index contributed by atoms with van der Waals surface area (Å²) in [6.45, 7) is 3.37. The predicted molar refractivity (Wildman–Crippen MR) is 109 cm³/mol. The lowest BCUT2D eigenvalue weighted by atomic mass is 10.1. The van der Waals surface area contributed by atoms with E-state index in [9.17, 15) is 4.79 Å². The number of benzene rings is 2. The van der Waals surface area contributed by atoms with E-state index < -0.39 is 0 Å². The molecule has 2 aromatic rings. The van der Waals surface area contributed by atoms with Gasteiger partial charge in [-0.1, -0.05) is 29.8 Å². The molecule has 0 aromatic heterocycles. The number of anilines is 2. The van der Waals surface area contributed by atoms with Gasteiger partial charge in [-0.3, -0.25) is 4.79 Å². The summed E-state index contributed by atoms with van der Waals surface area (Å²) in [5.74, 6) is 0.0161. The second kappa shape index (κ2) is 9.48. The van der Waals surface area contributed by atoms with Crippen LogP contribution in [0.2, 0.25) is 5.02 Å². The normalized spacial score (nSPS) is 14.1. The molecule has 2 aromatic carbocycles. The van der Waals surface area contributed by atoms with E-state index in [-0.39, 0.29) is 5.91 Å². The van der Waals surface area contributed by atoms with Crippen molar-refractivity contribution < 1.29 is 4.79 Å². The maximum Gasteiger partial charge on any atom is 0.222 e. The number of carbonyl (C=O) groups is 1. The molecule has 1 saturated heterocycles. The van der Waals surface area contributed by atoms with Crippen molar-refractivity contribution in [3.05, 3.63) is 59.1 Å². The van der Waals surface area contributed by atoms with Crippen LogP contribution in [-0.4, -0.2) is 25.5 Å². The van der Waals surface area contributed by atoms with Crippen LogP contribution in [0.5, 0.6) is 0 Å². The Morgan fingerprint density at radius 3 is 2.46 bits per heavy atom. The highest BCUT2D eigenvalue weighted by Crippen LogP contribution is 2.21. The zero-order chi connectivity index (χ0) is 18.2. The Morgan fingerprint density at radius 2 is 1.73 bits per heavy atom. The van der Waals surface area contributed by atoms with Crippen molar-refractivity contribution in [2.75, 3.05) is 29.9 Å². The van der Waals surface area contributed by atoms with E-state index >= 15 is 0 Å². The molecule has 0 saturated carbocycles. The molecule has 1 heterocycles. The highest BCUT2D eigenvalue weighted by Gasteiger charge is 2.10. The minimum absolute atomic E-state index is 0.0161. The number of nitrogens with zero attached hydrogens (tertiary/aromatic N) is 1. The molecule has 0 radical (unpaired) electrons. The first kappa shape index (κ1) is 18.6. The number of nitrogens with one attached hydrogen (secondary N) is 2. The second-order valence-electron chi connectivity index (χ2n) is 6.64. The van der Waals surface area contributed by atoms with E-state index in [1.807, 2.05) is 24.3 Å². The SMILES string of the molecule is O=C(CCNc1ccc(N2CCCCC2)cc1)NCc1ccccc1Cl. The fourth-order valence-electron chi connectivity index (χ4n) is 3.19. The summed E-state index contributed by atoms with van der Waals surface area (Å²) in [7, 11) is 0. The monoisotopic (exact) mass is 371 g/mol. The zero-order valence-electron chi connectivity index (χ0n) is 15.0. The Balaban J connectivity index is 1.38. The lowest BCUT2D eigenvalue weighted by Crippen LogP contribution is -2.29. The van der Waals surface area contributed by atoms with E-state index in [1.54, 1.807) is 0 Å². The fourth-order valence-corrected chi connectivity index (χ4v) is 3.39. The van der Waals surface area contributed by atoms with Crippen LogP contribution in [0.15, 0.2) is 48.5 Å². The van der Waals surface area contributed by atoms with Crippen molar-refractivity contribution in [3.8, 4) is 0 Å². The molecule has 1 aliphatic rings. The predicted octanol–water partition coefficient (Wildman–Crippen LogP) is 4.45. The van der Waals surface area contributed by atoms with E-state index in [4.69, 9.17) is 11.6 Å². The minimum atomic E-state index is 0.0161. The number of hydrogen-bond donors (Lipinski definition) is 2. The first-order valence-electron chi connectivity index (χ1n) is 9.31. The largest absolute Gasteiger partial charge is 0.385 e. The minimum Gasteiger partial charge on any atom is -0.385 e. The maximum absolute atomic E-state index is 12.0. The average Bonchev–Trinajstić information content (AvgIpc) is 2.69. The van der Waals surface area contributed by atoms with Gasteiger partial charge in [0.05, 0.1) is 0 Å². The maximum atomic E-state index is 12.0. The number of rotatable bonds is 7. The van der Waals surface area contributed by atoms with E-state index in [0.717, 1.165) is 24.3 Å². The molecule has 0 aliphatic carbocycles. The third-order valence-electron chi connectivity index (χ3n) is 4.70. The van der Waals surface area contributed by atoms with E-state index in [0.29, 0.717) is 24.5 Å². The van der Waals surface area contributed by atoms with Crippen molar-refractivity contribution >= 4 is 28.9 Å². The topological polar surface area (TPSA) is 44.4 Å². The molecular weight excluding hydrogens is 346 g/mol. The third kappa shape index (κ3) is 5.40. The van der Waals surface area contributed by atoms with Gasteiger partial charge < -0.3 is 15.5 Å². The Hall–Kier alpha value is -2.20. The van der Waals surface area contributed by atoms with Crippen LogP contribution in [0.1, 0.15) is 31.2 Å². The molecule has 0 spiro atoms. The van der Waals surface area contributed by atoms with Crippen molar-refractivity contribution in [1.82, 2.24) is 5.32 Å². The molecule has 1 fully saturated rings. The second-order valence-corrected chi connectivity index (χ2v) is 7.05. The lowest BCUT2D eigenvalue weighted by molar-refractivity contribution is -0.121. The Labute approximate surface area is 160 Å². The standard InChI is InChI=1S/C21H26ClN3O/c22-20-7-3-2-6-17(20)16-24-21(26)12-13-23-18-8-10-19(11-9-18)25-14-4-1-5-15-25/h2-3,6-11,23H,1,4-5,12-16H2,(H,24,26). The number of piperidine rings is 1. The van der Waals surface area contributed by atoms with Crippen LogP contribution in [0.4, 0.5) is 11.4 Å². The Bertz CT molecular complexity index is 711. The van der Waals surface area contributed by atoms with Crippen molar-refractivity contribution in [2.45, 2.75) is 32.2 Å². The molecule has 2 N–H and O–H groups in total. The smallest absolute Gasteiger partial charge is 0.222 e. The molecule has 5 heteroatoms. The quantitative estimate of drug-likeness (QED) is 0.755. The van der Waals surface area contributed by atoms with Gasteiger partial charge in [0.15, 0.2) is 0 Å². The van der Waals surface area contributed by atoms with Gasteiger partial charge in [0.25, 0.3) is 0 Å². The number of hydrogen-bond acceptors (Lipinski definition) is 3. The van der Waals surface area contributed by atoms with Gasteiger partial charge in [-0.2, -0.15) is 0 Å². The molecule has 1 amide bonds. The van der Waals surface area contributed by atoms with Gasteiger partial charge in [0.1, 0.15) is 0 Å². The van der Waals surface area contributed by atoms with Gasteiger partial charge in [0, 0.05) is 49.0 Å². The van der Waals surface area contributed by atoms with Crippen molar-refractivity contribution in [3.63, 3.8) is 0 Å². The molecule has 4 nitrogen and oxygen atoms in total. The first-order chi connectivity index (χ1) is 12.7. The molecule has 0 unspecified atom stereocenters. The van der Waals surface area contributed by atoms with Crippen LogP contribution in [-0.2, 0) is 11.3 Å². The molecular formula is C21H26ClN3O. The van der Waals surface area contributed by atoms with Crippen LogP contribution in [0, 0.1) is 0 Å². The van der Waals surface area contributed by atoms with E-state index in [1.165, 1.54) is 24.9 Å². The number of amides is 1. The highest BCUT2D eigenvalue weighted by atomic mass is 35.5. The molecule has 26 heavy (non-hydrogen) atoms. The van der Waals surface area contributed by atoms with E-state index in [2.05, 4.69) is 39.8 Å². The van der Waals surface area contributed by atoms with Crippen molar-refractivity contribution in [1.29, 1.82) is 0 Å². The van der Waals surface area contributed by atoms with Crippen LogP contribution in [0.25, 0.3) is 0 Å². The highest BCUT2D eigenvalue weighted by molar-refractivity contribution is 6.31. The summed E-state index contributed by atoms with van der Waals surface area (Å²) in [5.41, 5.74) is 3.26. The number of carbonyl (C=O) groups excluding carboxylic acids is 1. The summed E-state index contributed by atoms with van der Waals surface area (Å²) in [6.07, 6.45) is 4.33. The molecule has 1 aliphatic heterocycles. The van der Waals surface area contributed by atoms with Crippen LogP contribution in [0.3, 0.4) is 0 Å². The molecule has 3 rings (SSSR count). The summed E-state index contributed by atoms with van der Waals surface area (Å²) >= 11 is 6.09. The van der Waals surface area contributed by atoms with Gasteiger partial charge in [-0.05, 0) is 55.2 Å². The Kier molecular flexibility index (Phi) is 6.78. The fraction of sp³-hybridized carbons (Fsp3) is 0.381. The first-order valence-corrected chi connectivity index (χ1v) is 9.69. The van der Waals surface area contributed by atoms with Crippen molar-refractivity contribution in [2.24, 2.45) is 0 Å². The van der Waals surface area contributed by atoms with Crippen LogP contribution < -0.4 is 15.5 Å². The van der Waals surface area contributed by atoms with Gasteiger partial charge in [-0.25, -0.2) is 0 Å². The average molecular weight is 372 g/mol.